The number of hydrogen-bond acceptors (Lipinski definition) is 3. The van der Waals surface area contributed by atoms with Gasteiger partial charge < -0.3 is 14.6 Å². The Morgan fingerprint density at radius 2 is 2.00 bits per heavy atom. The number of carboxylic acids is 1. The Bertz CT molecular complexity index is 440. The van der Waals surface area contributed by atoms with Crippen molar-refractivity contribution in [2.45, 2.75) is 19.3 Å². The second kappa shape index (κ2) is 6.08. The highest BCUT2D eigenvalue weighted by Crippen LogP contribution is 2.25. The number of terminal acetylenes is 1. The van der Waals surface area contributed by atoms with E-state index in [1.807, 2.05) is 26.0 Å². The fourth-order valence-electron chi connectivity index (χ4n) is 1.52. The summed E-state index contributed by atoms with van der Waals surface area (Å²) in [7, 11) is 0. The van der Waals surface area contributed by atoms with E-state index in [9.17, 15) is 4.79 Å². The first-order valence-electron chi connectivity index (χ1n) is 5.48. The standard InChI is InChI=1S/C14H16O4/c1-4-18-12-7-5-11(6-8-12)14(2,3)10-17-9-13(15)16/h1,5-8H,9-10H2,2-3H3,(H,15,16). The Hall–Kier alpha value is -1.99. The van der Waals surface area contributed by atoms with Gasteiger partial charge in [0.1, 0.15) is 18.5 Å². The van der Waals surface area contributed by atoms with Crippen LogP contribution >= 0.6 is 0 Å². The van der Waals surface area contributed by atoms with E-state index in [1.165, 1.54) is 0 Å². The molecule has 1 N–H and O–H groups in total. The fourth-order valence-corrected chi connectivity index (χ4v) is 1.52. The second-order valence-corrected chi connectivity index (χ2v) is 4.51. The van der Waals surface area contributed by atoms with Gasteiger partial charge >= 0.3 is 5.97 Å². The number of ether oxygens (including phenoxy) is 2. The van der Waals surface area contributed by atoms with E-state index in [2.05, 4.69) is 6.11 Å². The van der Waals surface area contributed by atoms with Crippen molar-refractivity contribution in [3.63, 3.8) is 0 Å². The summed E-state index contributed by atoms with van der Waals surface area (Å²) in [6.45, 7) is 3.99. The van der Waals surface area contributed by atoms with Gasteiger partial charge in [-0.25, -0.2) is 4.79 Å². The third-order valence-electron chi connectivity index (χ3n) is 2.50. The third-order valence-corrected chi connectivity index (χ3v) is 2.50. The molecule has 0 atom stereocenters. The summed E-state index contributed by atoms with van der Waals surface area (Å²) in [6, 6.07) is 7.32. The topological polar surface area (TPSA) is 55.8 Å². The zero-order valence-corrected chi connectivity index (χ0v) is 10.5. The molecule has 0 spiro atoms. The zero-order valence-electron chi connectivity index (χ0n) is 10.5. The van der Waals surface area contributed by atoms with Crippen LogP contribution < -0.4 is 4.74 Å². The van der Waals surface area contributed by atoms with E-state index < -0.39 is 5.97 Å². The van der Waals surface area contributed by atoms with E-state index in [0.717, 1.165) is 5.56 Å². The quantitative estimate of drug-likeness (QED) is 0.783. The van der Waals surface area contributed by atoms with Crippen LogP contribution in [0, 0.1) is 12.5 Å². The summed E-state index contributed by atoms with van der Waals surface area (Å²) in [5.41, 5.74) is 0.752. The number of benzene rings is 1. The van der Waals surface area contributed by atoms with Crippen LogP contribution in [-0.2, 0) is 14.9 Å². The fraction of sp³-hybridized carbons (Fsp3) is 0.357. The molecule has 0 aliphatic carbocycles. The maximum Gasteiger partial charge on any atom is 0.329 e. The lowest BCUT2D eigenvalue weighted by Gasteiger charge is -2.24. The number of carboxylic acid groups (broad SMARTS) is 1. The minimum absolute atomic E-state index is 0.274. The lowest BCUT2D eigenvalue weighted by molar-refractivity contribution is -0.142. The predicted molar refractivity (Wildman–Crippen MR) is 67.4 cm³/mol. The van der Waals surface area contributed by atoms with Gasteiger partial charge in [0.15, 0.2) is 0 Å². The largest absolute Gasteiger partial charge is 0.480 e. The first-order valence-corrected chi connectivity index (χ1v) is 5.48. The minimum atomic E-state index is -0.969. The van der Waals surface area contributed by atoms with Crippen LogP contribution in [0.3, 0.4) is 0 Å². The number of rotatable bonds is 6. The maximum atomic E-state index is 10.4. The molecule has 0 amide bonds. The molecule has 0 saturated heterocycles. The molecule has 0 aliphatic heterocycles. The van der Waals surface area contributed by atoms with E-state index in [0.29, 0.717) is 12.4 Å². The summed E-state index contributed by atoms with van der Waals surface area (Å²) in [5.74, 6) is -0.368. The molecule has 1 rings (SSSR count). The van der Waals surface area contributed by atoms with Gasteiger partial charge in [-0.2, -0.15) is 0 Å². The van der Waals surface area contributed by atoms with Crippen molar-refractivity contribution < 1.29 is 19.4 Å². The van der Waals surface area contributed by atoms with Gasteiger partial charge in [0, 0.05) is 5.41 Å². The molecule has 4 nitrogen and oxygen atoms in total. The summed E-state index contributed by atoms with van der Waals surface area (Å²) in [6.07, 6.45) is 7.13. The Morgan fingerprint density at radius 3 is 2.50 bits per heavy atom. The van der Waals surface area contributed by atoms with Crippen molar-refractivity contribution in [2.75, 3.05) is 13.2 Å². The van der Waals surface area contributed by atoms with Gasteiger partial charge in [0.2, 0.25) is 0 Å². The van der Waals surface area contributed by atoms with Gasteiger partial charge in [-0.3, -0.25) is 0 Å². The van der Waals surface area contributed by atoms with Crippen molar-refractivity contribution in [3.05, 3.63) is 29.8 Å². The molecular weight excluding hydrogens is 232 g/mol. The summed E-state index contributed by atoms with van der Waals surface area (Å²) in [4.78, 5) is 10.4. The highest BCUT2D eigenvalue weighted by molar-refractivity contribution is 5.68. The molecule has 1 aromatic rings. The molecule has 0 aromatic heterocycles. The molecule has 0 unspecified atom stereocenters. The van der Waals surface area contributed by atoms with E-state index in [-0.39, 0.29) is 12.0 Å². The molecule has 96 valence electrons. The van der Waals surface area contributed by atoms with Crippen LogP contribution in [0.4, 0.5) is 0 Å². The maximum absolute atomic E-state index is 10.4. The highest BCUT2D eigenvalue weighted by atomic mass is 16.5. The SMILES string of the molecule is C#COc1ccc(C(C)(C)COCC(=O)O)cc1. The molecule has 0 saturated carbocycles. The monoisotopic (exact) mass is 248 g/mol. The average molecular weight is 248 g/mol. The van der Waals surface area contributed by atoms with Gasteiger partial charge in [-0.05, 0) is 17.7 Å². The van der Waals surface area contributed by atoms with Crippen molar-refractivity contribution >= 4 is 5.97 Å². The first kappa shape index (κ1) is 14.1. The van der Waals surface area contributed by atoms with Crippen molar-refractivity contribution in [3.8, 4) is 18.3 Å². The lowest BCUT2D eigenvalue weighted by atomic mass is 9.85. The molecule has 18 heavy (non-hydrogen) atoms. The van der Waals surface area contributed by atoms with Gasteiger partial charge in [-0.1, -0.05) is 32.4 Å². The Morgan fingerprint density at radius 1 is 1.39 bits per heavy atom. The second-order valence-electron chi connectivity index (χ2n) is 4.51. The summed E-state index contributed by atoms with van der Waals surface area (Å²) >= 11 is 0. The Labute approximate surface area is 107 Å². The molecular formula is C14H16O4. The third kappa shape index (κ3) is 4.11. The highest BCUT2D eigenvalue weighted by Gasteiger charge is 2.21. The molecule has 0 radical (unpaired) electrons. The molecule has 0 heterocycles. The minimum Gasteiger partial charge on any atom is -0.480 e. The van der Waals surface area contributed by atoms with Crippen LogP contribution in [0.15, 0.2) is 24.3 Å². The van der Waals surface area contributed by atoms with Crippen LogP contribution in [0.25, 0.3) is 0 Å². The Kier molecular flexibility index (Phi) is 4.75. The van der Waals surface area contributed by atoms with Gasteiger partial charge in [0.25, 0.3) is 0 Å². The van der Waals surface area contributed by atoms with Gasteiger partial charge in [0.05, 0.1) is 6.61 Å². The summed E-state index contributed by atoms with van der Waals surface area (Å²) in [5, 5.41) is 8.52. The van der Waals surface area contributed by atoms with Gasteiger partial charge in [-0.15, -0.1) is 0 Å². The van der Waals surface area contributed by atoms with Crippen LogP contribution in [0.5, 0.6) is 5.75 Å². The van der Waals surface area contributed by atoms with E-state index in [4.69, 9.17) is 21.0 Å². The van der Waals surface area contributed by atoms with Crippen molar-refractivity contribution in [1.82, 2.24) is 0 Å². The van der Waals surface area contributed by atoms with E-state index >= 15 is 0 Å². The normalized spacial score (nSPS) is 10.7. The lowest BCUT2D eigenvalue weighted by Crippen LogP contribution is -2.26. The molecule has 4 heteroatoms. The predicted octanol–water partition coefficient (Wildman–Crippen LogP) is 2.03. The number of hydrogen-bond donors (Lipinski definition) is 1. The van der Waals surface area contributed by atoms with Crippen LogP contribution in [-0.4, -0.2) is 24.3 Å². The average Bonchev–Trinajstić information content (AvgIpc) is 2.29. The van der Waals surface area contributed by atoms with Crippen LogP contribution in [0.1, 0.15) is 19.4 Å². The van der Waals surface area contributed by atoms with Crippen molar-refractivity contribution in [2.24, 2.45) is 0 Å². The molecule has 0 fully saturated rings. The van der Waals surface area contributed by atoms with E-state index in [1.54, 1.807) is 12.1 Å². The molecule has 0 bridgehead atoms. The Balaban J connectivity index is 2.66. The first-order chi connectivity index (χ1) is 8.45. The number of carbonyl (C=O) groups is 1. The zero-order chi connectivity index (χ0) is 13.6. The number of aliphatic carboxylic acids is 1. The molecule has 1 aromatic carbocycles. The smallest absolute Gasteiger partial charge is 0.329 e. The van der Waals surface area contributed by atoms with Crippen molar-refractivity contribution in [1.29, 1.82) is 0 Å². The summed E-state index contributed by atoms with van der Waals surface area (Å²) < 4.78 is 10.0. The van der Waals surface area contributed by atoms with Crippen LogP contribution in [0.2, 0.25) is 0 Å². The molecule has 0 aliphatic rings.